The summed E-state index contributed by atoms with van der Waals surface area (Å²) in [6.45, 7) is 6.96. The van der Waals surface area contributed by atoms with Gasteiger partial charge in [0.2, 0.25) is 0 Å². The number of piperidine rings is 1. The van der Waals surface area contributed by atoms with E-state index >= 15 is 0 Å². The van der Waals surface area contributed by atoms with Crippen molar-refractivity contribution in [3.63, 3.8) is 0 Å². The van der Waals surface area contributed by atoms with Gasteiger partial charge in [-0.15, -0.1) is 0 Å². The van der Waals surface area contributed by atoms with Crippen LogP contribution in [0.25, 0.3) is 0 Å². The van der Waals surface area contributed by atoms with Gasteiger partial charge in [0.15, 0.2) is 5.16 Å². The molecule has 3 heterocycles. The third kappa shape index (κ3) is 4.11. The lowest BCUT2D eigenvalue weighted by Crippen LogP contribution is -2.57. The minimum Gasteiger partial charge on any atom is -0.384 e. The van der Waals surface area contributed by atoms with Crippen LogP contribution in [-0.4, -0.2) is 80.3 Å². The summed E-state index contributed by atoms with van der Waals surface area (Å²) in [6.07, 6.45) is 8.96. The zero-order chi connectivity index (χ0) is 18.7. The molecule has 2 saturated heterocycles. The van der Waals surface area contributed by atoms with E-state index in [0.717, 1.165) is 68.9 Å². The van der Waals surface area contributed by atoms with Gasteiger partial charge >= 0.3 is 0 Å². The Morgan fingerprint density at radius 3 is 2.93 bits per heavy atom. The smallest absolute Gasteiger partial charge is 0.189 e. The van der Waals surface area contributed by atoms with E-state index in [4.69, 9.17) is 14.5 Å². The molecule has 1 saturated carbocycles. The fourth-order valence-electron chi connectivity index (χ4n) is 5.36. The first-order valence-corrected chi connectivity index (χ1v) is 11.4. The molecule has 150 valence electrons. The summed E-state index contributed by atoms with van der Waals surface area (Å²) in [5, 5.41) is 0.853. The molecule has 3 fully saturated rings. The average molecular weight is 393 g/mol. The van der Waals surface area contributed by atoms with E-state index in [1.165, 1.54) is 25.7 Å². The molecule has 1 aromatic heterocycles. The maximum absolute atomic E-state index is 5.75. The highest BCUT2D eigenvalue weighted by Gasteiger charge is 2.48. The van der Waals surface area contributed by atoms with Crippen LogP contribution in [0.15, 0.2) is 17.4 Å². The van der Waals surface area contributed by atoms with Crippen LogP contribution >= 0.6 is 11.8 Å². The van der Waals surface area contributed by atoms with E-state index in [-0.39, 0.29) is 5.41 Å². The van der Waals surface area contributed by atoms with Gasteiger partial charge in [0.25, 0.3) is 0 Å². The standard InChI is InChI=1S/C20H32N4O2S/c1-25-15-20-6-3-17(23-9-11-26-12-10-23)13-16(20)5-8-24(14-20)18-4-7-21-19(22-18)27-2/h4,7,16-17H,3,5-6,8-15H2,1-2H3/t16-,17-,20+/m0/s1. The van der Waals surface area contributed by atoms with Gasteiger partial charge in [0.05, 0.1) is 19.8 Å². The number of aromatic nitrogens is 2. The molecule has 6 nitrogen and oxygen atoms in total. The van der Waals surface area contributed by atoms with Crippen LogP contribution in [0.1, 0.15) is 25.7 Å². The molecule has 1 aliphatic carbocycles. The molecular formula is C20H32N4O2S. The molecular weight excluding hydrogens is 360 g/mol. The lowest BCUT2D eigenvalue weighted by molar-refractivity contribution is -0.0540. The molecule has 0 radical (unpaired) electrons. The minimum atomic E-state index is 0.250. The fourth-order valence-corrected chi connectivity index (χ4v) is 5.71. The van der Waals surface area contributed by atoms with Crippen LogP contribution < -0.4 is 4.90 Å². The van der Waals surface area contributed by atoms with Crippen LogP contribution in [0.3, 0.4) is 0 Å². The normalized spacial score (nSPS) is 32.3. The number of rotatable bonds is 5. The highest BCUT2D eigenvalue weighted by molar-refractivity contribution is 7.98. The molecule has 0 amide bonds. The van der Waals surface area contributed by atoms with Crippen molar-refractivity contribution in [3.05, 3.63) is 12.3 Å². The van der Waals surface area contributed by atoms with E-state index in [1.807, 2.05) is 19.6 Å². The second-order valence-corrected chi connectivity index (χ2v) is 8.95. The Morgan fingerprint density at radius 2 is 2.15 bits per heavy atom. The summed E-state index contributed by atoms with van der Waals surface area (Å²) < 4.78 is 11.3. The van der Waals surface area contributed by atoms with Crippen LogP contribution in [0, 0.1) is 11.3 Å². The number of methoxy groups -OCH3 is 1. The largest absolute Gasteiger partial charge is 0.384 e. The number of anilines is 1. The maximum Gasteiger partial charge on any atom is 0.189 e. The Kier molecular flexibility index (Phi) is 6.21. The first-order valence-electron chi connectivity index (χ1n) is 10.2. The van der Waals surface area contributed by atoms with Gasteiger partial charge in [0.1, 0.15) is 5.82 Å². The van der Waals surface area contributed by atoms with Gasteiger partial charge in [-0.25, -0.2) is 9.97 Å². The van der Waals surface area contributed by atoms with E-state index in [0.29, 0.717) is 0 Å². The Balaban J connectivity index is 1.48. The molecule has 0 unspecified atom stereocenters. The van der Waals surface area contributed by atoms with Crippen LogP contribution in [0.2, 0.25) is 0 Å². The van der Waals surface area contributed by atoms with Gasteiger partial charge in [-0.3, -0.25) is 4.90 Å². The highest BCUT2D eigenvalue weighted by atomic mass is 32.2. The molecule has 1 aromatic rings. The summed E-state index contributed by atoms with van der Waals surface area (Å²) in [5.74, 6) is 1.80. The second kappa shape index (κ2) is 8.64. The predicted octanol–water partition coefficient (Wildman–Crippen LogP) is 2.54. The van der Waals surface area contributed by atoms with Crippen molar-refractivity contribution in [2.75, 3.05) is 64.3 Å². The van der Waals surface area contributed by atoms with Gasteiger partial charge in [-0.05, 0) is 43.9 Å². The van der Waals surface area contributed by atoms with Gasteiger partial charge < -0.3 is 14.4 Å². The third-order valence-corrected chi connectivity index (χ3v) is 7.33. The van der Waals surface area contributed by atoms with E-state index < -0.39 is 0 Å². The first-order chi connectivity index (χ1) is 13.2. The van der Waals surface area contributed by atoms with Crippen LogP contribution in [-0.2, 0) is 9.47 Å². The van der Waals surface area contributed by atoms with Crippen LogP contribution in [0.5, 0.6) is 0 Å². The second-order valence-electron chi connectivity index (χ2n) is 8.18. The molecule has 0 aromatic carbocycles. The average Bonchev–Trinajstić information content (AvgIpc) is 2.74. The van der Waals surface area contributed by atoms with Crippen molar-refractivity contribution >= 4 is 17.6 Å². The third-order valence-electron chi connectivity index (χ3n) is 6.77. The topological polar surface area (TPSA) is 50.7 Å². The van der Waals surface area contributed by atoms with Gasteiger partial charge in [-0.1, -0.05) is 11.8 Å². The number of hydrogen-bond acceptors (Lipinski definition) is 7. The quantitative estimate of drug-likeness (QED) is 0.564. The number of hydrogen-bond donors (Lipinski definition) is 0. The fraction of sp³-hybridized carbons (Fsp3) is 0.800. The van der Waals surface area contributed by atoms with E-state index in [9.17, 15) is 0 Å². The highest BCUT2D eigenvalue weighted by Crippen LogP contribution is 2.48. The summed E-state index contributed by atoms with van der Waals surface area (Å²) >= 11 is 1.61. The Morgan fingerprint density at radius 1 is 1.30 bits per heavy atom. The van der Waals surface area contributed by atoms with Crippen molar-refractivity contribution in [3.8, 4) is 0 Å². The molecule has 0 N–H and O–H groups in total. The zero-order valence-electron chi connectivity index (χ0n) is 16.6. The van der Waals surface area contributed by atoms with Crippen molar-refractivity contribution in [2.45, 2.75) is 36.9 Å². The lowest BCUT2D eigenvalue weighted by Gasteiger charge is -2.54. The number of nitrogens with zero attached hydrogens (tertiary/aromatic N) is 4. The summed E-state index contributed by atoms with van der Waals surface area (Å²) in [4.78, 5) is 14.2. The number of ether oxygens (including phenoxy) is 2. The molecule has 7 heteroatoms. The lowest BCUT2D eigenvalue weighted by atomic mass is 9.62. The minimum absolute atomic E-state index is 0.250. The molecule has 27 heavy (non-hydrogen) atoms. The number of thioether (sulfide) groups is 1. The number of morpholine rings is 1. The van der Waals surface area contributed by atoms with Crippen molar-refractivity contribution < 1.29 is 9.47 Å². The monoisotopic (exact) mass is 392 g/mol. The summed E-state index contributed by atoms with van der Waals surface area (Å²) in [6, 6.07) is 2.78. The summed E-state index contributed by atoms with van der Waals surface area (Å²) in [7, 11) is 1.86. The van der Waals surface area contributed by atoms with Gasteiger partial charge in [-0.2, -0.15) is 0 Å². The van der Waals surface area contributed by atoms with E-state index in [1.54, 1.807) is 11.8 Å². The SMILES string of the molecule is COC[C@]12CC[C@H](N3CCOCC3)C[C@@H]1CCN(c1ccnc(SC)n1)C2. The van der Waals surface area contributed by atoms with Gasteiger partial charge in [0, 0.05) is 50.9 Å². The molecule has 3 aliphatic rings. The van der Waals surface area contributed by atoms with Crippen molar-refractivity contribution in [1.82, 2.24) is 14.9 Å². The maximum atomic E-state index is 5.75. The molecule has 4 rings (SSSR count). The Labute approximate surface area is 167 Å². The number of fused-ring (bicyclic) bond motifs is 1. The Hall–Kier alpha value is -0.890. The van der Waals surface area contributed by atoms with E-state index in [2.05, 4.69) is 20.9 Å². The Bertz CT molecular complexity index is 628. The zero-order valence-corrected chi connectivity index (χ0v) is 17.4. The molecule has 0 bridgehead atoms. The summed E-state index contributed by atoms with van der Waals surface area (Å²) in [5.41, 5.74) is 0.250. The molecule has 0 spiro atoms. The predicted molar refractivity (Wildman–Crippen MR) is 108 cm³/mol. The van der Waals surface area contributed by atoms with Crippen LogP contribution in [0.4, 0.5) is 5.82 Å². The molecule has 3 atom stereocenters. The first kappa shape index (κ1) is 19.4. The van der Waals surface area contributed by atoms with Crippen molar-refractivity contribution in [2.24, 2.45) is 11.3 Å². The van der Waals surface area contributed by atoms with Crippen molar-refractivity contribution in [1.29, 1.82) is 0 Å². The molecule has 2 aliphatic heterocycles.